The van der Waals surface area contributed by atoms with E-state index in [-0.39, 0.29) is 5.52 Å². The van der Waals surface area contributed by atoms with Gasteiger partial charge >= 0.3 is 11.6 Å². The molecule has 0 spiro atoms. The van der Waals surface area contributed by atoms with Crippen LogP contribution in [-0.4, -0.2) is 35.3 Å². The number of ether oxygens (including phenoxy) is 1. The van der Waals surface area contributed by atoms with Crippen molar-refractivity contribution in [3.8, 4) is 5.88 Å². The van der Waals surface area contributed by atoms with Crippen LogP contribution in [0.3, 0.4) is 0 Å². The van der Waals surface area contributed by atoms with Crippen LogP contribution in [0.4, 0.5) is 18.0 Å². The van der Waals surface area contributed by atoms with Gasteiger partial charge in [0, 0.05) is 5.39 Å². The van der Waals surface area contributed by atoms with Crippen molar-refractivity contribution in [3.05, 3.63) is 24.3 Å². The van der Waals surface area contributed by atoms with Crippen LogP contribution in [0.15, 0.2) is 29.2 Å². The number of sulfone groups is 1. The van der Waals surface area contributed by atoms with Crippen molar-refractivity contribution in [1.82, 2.24) is 4.57 Å². The van der Waals surface area contributed by atoms with Gasteiger partial charge in [-0.1, -0.05) is 18.2 Å². The number of hydrogen-bond donors (Lipinski definition) is 1. The normalized spacial score (nSPS) is 13.2. The van der Waals surface area contributed by atoms with Crippen molar-refractivity contribution in [1.29, 1.82) is 0 Å². The lowest BCUT2D eigenvalue weighted by molar-refractivity contribution is -0.0436. The Bertz CT molecular complexity index is 907. The van der Waals surface area contributed by atoms with Gasteiger partial charge in [-0.15, -0.1) is 0 Å². The van der Waals surface area contributed by atoms with E-state index < -0.39 is 43.2 Å². The Kier molecular flexibility index (Phi) is 4.08. The molecule has 2 rings (SSSR count). The second-order valence-corrected chi connectivity index (χ2v) is 7.81. The number of aromatic nitrogens is 1. The zero-order chi connectivity index (χ0) is 18.5. The lowest BCUT2D eigenvalue weighted by Gasteiger charge is -2.20. The molecule has 0 saturated carbocycles. The Balaban J connectivity index is 2.82. The summed E-state index contributed by atoms with van der Waals surface area (Å²) in [6.07, 6.45) is -1.19. The lowest BCUT2D eigenvalue weighted by atomic mass is 10.2. The Hall–Kier alpha value is -2.23. The second-order valence-electron chi connectivity index (χ2n) is 5.93. The third-order valence-corrected chi connectivity index (χ3v) is 4.50. The quantitative estimate of drug-likeness (QED) is 0.837. The van der Waals surface area contributed by atoms with Crippen LogP contribution in [0.25, 0.3) is 10.9 Å². The molecular formula is C14H14F3NO5S. The summed E-state index contributed by atoms with van der Waals surface area (Å²) in [6, 6.07) is 4.94. The molecule has 1 N–H and O–H groups in total. The van der Waals surface area contributed by atoms with Crippen molar-refractivity contribution in [2.24, 2.45) is 0 Å². The van der Waals surface area contributed by atoms with E-state index in [1.165, 1.54) is 39.0 Å². The summed E-state index contributed by atoms with van der Waals surface area (Å²) in [5.41, 5.74) is -6.85. The van der Waals surface area contributed by atoms with Gasteiger partial charge in [-0.05, 0) is 26.8 Å². The first-order chi connectivity index (χ1) is 10.8. The highest BCUT2D eigenvalue weighted by atomic mass is 32.2. The highest BCUT2D eigenvalue weighted by molar-refractivity contribution is 7.92. The minimum Gasteiger partial charge on any atom is -0.493 e. The number of halogens is 3. The molecule has 0 atom stereocenters. The highest BCUT2D eigenvalue weighted by Gasteiger charge is 2.50. The first-order valence-corrected chi connectivity index (χ1v) is 8.13. The number of aromatic hydroxyl groups is 1. The molecule has 0 amide bonds. The molecule has 0 radical (unpaired) electrons. The van der Waals surface area contributed by atoms with Gasteiger partial charge in [0.15, 0.2) is 0 Å². The number of carbonyl (C=O) groups is 1. The first-order valence-electron chi connectivity index (χ1n) is 6.64. The largest absolute Gasteiger partial charge is 0.502 e. The Morgan fingerprint density at radius 1 is 1.17 bits per heavy atom. The minimum absolute atomic E-state index is 0.216. The average Bonchev–Trinajstić information content (AvgIpc) is 2.67. The molecule has 2 aromatic rings. The minimum atomic E-state index is -5.87. The summed E-state index contributed by atoms with van der Waals surface area (Å²) < 4.78 is 67.6. The van der Waals surface area contributed by atoms with Crippen LogP contribution < -0.4 is 0 Å². The van der Waals surface area contributed by atoms with Crippen LogP contribution in [0.5, 0.6) is 5.88 Å². The number of fused-ring (bicyclic) bond motifs is 1. The summed E-state index contributed by atoms with van der Waals surface area (Å²) in [5.74, 6) is -1.34. The predicted octanol–water partition coefficient (Wildman–Crippen LogP) is 3.42. The molecular weight excluding hydrogens is 351 g/mol. The van der Waals surface area contributed by atoms with Crippen molar-refractivity contribution < 1.29 is 36.2 Å². The topological polar surface area (TPSA) is 85.6 Å². The van der Waals surface area contributed by atoms with Crippen LogP contribution in [0, 0.1) is 0 Å². The highest BCUT2D eigenvalue weighted by Crippen LogP contribution is 2.41. The van der Waals surface area contributed by atoms with Crippen molar-refractivity contribution >= 4 is 26.8 Å². The van der Waals surface area contributed by atoms with Gasteiger partial charge in [0.25, 0.3) is 9.84 Å². The van der Waals surface area contributed by atoms with Gasteiger partial charge in [-0.25, -0.2) is 17.8 Å². The van der Waals surface area contributed by atoms with Crippen molar-refractivity contribution in [3.63, 3.8) is 0 Å². The Morgan fingerprint density at radius 2 is 1.71 bits per heavy atom. The molecule has 0 saturated heterocycles. The number of nitrogens with zero attached hydrogens (tertiary/aromatic N) is 1. The molecule has 24 heavy (non-hydrogen) atoms. The molecule has 0 fully saturated rings. The first kappa shape index (κ1) is 18.1. The summed E-state index contributed by atoms with van der Waals surface area (Å²) >= 11 is 0. The van der Waals surface area contributed by atoms with E-state index in [1.807, 2.05) is 0 Å². The number of carbonyl (C=O) groups excluding carboxylic acids is 1. The van der Waals surface area contributed by atoms with Gasteiger partial charge in [0.2, 0.25) is 5.88 Å². The summed E-state index contributed by atoms with van der Waals surface area (Å²) in [4.78, 5) is 10.8. The van der Waals surface area contributed by atoms with E-state index in [0.29, 0.717) is 4.57 Å². The zero-order valence-electron chi connectivity index (χ0n) is 12.9. The second kappa shape index (κ2) is 5.40. The van der Waals surface area contributed by atoms with E-state index in [9.17, 15) is 31.5 Å². The molecule has 6 nitrogen and oxygen atoms in total. The van der Waals surface area contributed by atoms with E-state index in [4.69, 9.17) is 4.74 Å². The lowest BCUT2D eigenvalue weighted by Crippen LogP contribution is -2.27. The van der Waals surface area contributed by atoms with E-state index in [2.05, 4.69) is 0 Å². The SMILES string of the molecule is CC(C)(C)OC(=O)n1c(O)c(S(=O)(=O)C(F)(F)F)c2ccccc21. The van der Waals surface area contributed by atoms with Gasteiger partial charge in [0.1, 0.15) is 10.5 Å². The molecule has 0 aliphatic carbocycles. The van der Waals surface area contributed by atoms with Crippen molar-refractivity contribution in [2.45, 2.75) is 36.8 Å². The van der Waals surface area contributed by atoms with Gasteiger partial charge < -0.3 is 9.84 Å². The molecule has 0 aliphatic rings. The standard InChI is InChI=1S/C14H14F3NO5S/c1-13(2,3)23-12(20)18-9-7-5-4-6-8(9)10(11(18)19)24(21,22)14(15,16)17/h4-7,19H,1-3H3. The molecule has 0 unspecified atom stereocenters. The van der Waals surface area contributed by atoms with Crippen LogP contribution in [0.2, 0.25) is 0 Å². The summed E-state index contributed by atoms with van der Waals surface area (Å²) in [5, 5.41) is 9.63. The zero-order valence-corrected chi connectivity index (χ0v) is 13.7. The molecule has 0 aliphatic heterocycles. The summed E-state index contributed by atoms with van der Waals surface area (Å²) in [6.45, 7) is 4.54. The number of rotatable bonds is 1. The fraction of sp³-hybridized carbons (Fsp3) is 0.357. The molecule has 132 valence electrons. The van der Waals surface area contributed by atoms with Crippen LogP contribution >= 0.6 is 0 Å². The maximum atomic E-state index is 12.9. The molecule has 1 aromatic carbocycles. The van der Waals surface area contributed by atoms with E-state index in [0.717, 1.165) is 6.07 Å². The third-order valence-electron chi connectivity index (χ3n) is 2.95. The predicted molar refractivity (Wildman–Crippen MR) is 78.5 cm³/mol. The van der Waals surface area contributed by atoms with E-state index in [1.54, 1.807) is 0 Å². The summed E-state index contributed by atoms with van der Waals surface area (Å²) in [7, 11) is -5.87. The van der Waals surface area contributed by atoms with Gasteiger partial charge in [-0.2, -0.15) is 13.2 Å². The number of para-hydroxylation sites is 1. The van der Waals surface area contributed by atoms with Crippen molar-refractivity contribution in [2.75, 3.05) is 0 Å². The van der Waals surface area contributed by atoms with Gasteiger partial charge in [-0.3, -0.25) is 0 Å². The fourth-order valence-electron chi connectivity index (χ4n) is 2.07. The number of alkyl halides is 3. The fourth-order valence-corrected chi connectivity index (χ4v) is 3.10. The molecule has 1 aromatic heterocycles. The Labute approximate surface area is 135 Å². The maximum Gasteiger partial charge on any atom is 0.502 e. The molecule has 10 heteroatoms. The van der Waals surface area contributed by atoms with Crippen LogP contribution in [-0.2, 0) is 14.6 Å². The average molecular weight is 365 g/mol. The van der Waals surface area contributed by atoms with Crippen LogP contribution in [0.1, 0.15) is 20.8 Å². The number of benzene rings is 1. The van der Waals surface area contributed by atoms with Gasteiger partial charge in [0.05, 0.1) is 5.52 Å². The number of hydrogen-bond acceptors (Lipinski definition) is 5. The monoisotopic (exact) mass is 365 g/mol. The Morgan fingerprint density at radius 3 is 2.21 bits per heavy atom. The molecule has 1 heterocycles. The van der Waals surface area contributed by atoms with E-state index >= 15 is 0 Å². The molecule has 0 bridgehead atoms. The smallest absolute Gasteiger partial charge is 0.493 e. The third kappa shape index (κ3) is 2.93. The maximum absolute atomic E-state index is 12.9.